The second kappa shape index (κ2) is 6.38. The number of para-hydroxylation sites is 1. The summed E-state index contributed by atoms with van der Waals surface area (Å²) in [7, 11) is 0. The zero-order valence-corrected chi connectivity index (χ0v) is 14.5. The molecule has 1 heterocycles. The Balaban J connectivity index is 1.75. The SMILES string of the molecule is Cc1[nH]c2ccccc2c1C(C)(C)CNC(=O)C1CCCCC1. The Morgan fingerprint density at radius 1 is 1.22 bits per heavy atom. The van der Waals surface area contributed by atoms with Gasteiger partial charge in [-0.15, -0.1) is 0 Å². The highest BCUT2D eigenvalue weighted by atomic mass is 16.1. The van der Waals surface area contributed by atoms with E-state index in [-0.39, 0.29) is 17.2 Å². The molecule has 1 fully saturated rings. The van der Waals surface area contributed by atoms with Gasteiger partial charge in [0.25, 0.3) is 0 Å². The van der Waals surface area contributed by atoms with Crippen molar-refractivity contribution in [3.05, 3.63) is 35.5 Å². The van der Waals surface area contributed by atoms with Crippen LogP contribution in [0.15, 0.2) is 24.3 Å². The van der Waals surface area contributed by atoms with Gasteiger partial charge in [-0.2, -0.15) is 0 Å². The number of aromatic nitrogens is 1. The topological polar surface area (TPSA) is 44.9 Å². The lowest BCUT2D eigenvalue weighted by Crippen LogP contribution is -2.40. The number of carbonyl (C=O) groups is 1. The molecule has 1 amide bonds. The van der Waals surface area contributed by atoms with Gasteiger partial charge in [-0.05, 0) is 31.4 Å². The van der Waals surface area contributed by atoms with E-state index in [1.807, 2.05) is 0 Å². The van der Waals surface area contributed by atoms with Crippen LogP contribution in [-0.2, 0) is 10.2 Å². The van der Waals surface area contributed by atoms with Gasteiger partial charge in [0.2, 0.25) is 5.91 Å². The molecule has 1 aromatic heterocycles. The molecule has 1 aliphatic carbocycles. The Labute approximate surface area is 138 Å². The third-order valence-electron chi connectivity index (χ3n) is 5.25. The number of amides is 1. The van der Waals surface area contributed by atoms with Crippen molar-refractivity contribution in [3.63, 3.8) is 0 Å². The molecule has 1 aromatic carbocycles. The maximum atomic E-state index is 12.4. The Hall–Kier alpha value is -1.77. The van der Waals surface area contributed by atoms with E-state index in [9.17, 15) is 4.79 Å². The molecule has 3 heteroatoms. The van der Waals surface area contributed by atoms with Gasteiger partial charge >= 0.3 is 0 Å². The summed E-state index contributed by atoms with van der Waals surface area (Å²) in [5, 5.41) is 4.49. The smallest absolute Gasteiger partial charge is 0.223 e. The fourth-order valence-electron chi connectivity index (χ4n) is 4.05. The number of fused-ring (bicyclic) bond motifs is 1. The average Bonchev–Trinajstić information content (AvgIpc) is 2.90. The number of hydrogen-bond donors (Lipinski definition) is 2. The van der Waals surface area contributed by atoms with E-state index in [2.05, 4.69) is 55.3 Å². The molecule has 0 aliphatic heterocycles. The Bertz CT molecular complexity index is 693. The number of rotatable bonds is 4. The minimum Gasteiger partial charge on any atom is -0.358 e. The summed E-state index contributed by atoms with van der Waals surface area (Å²) in [4.78, 5) is 15.9. The molecule has 2 N–H and O–H groups in total. The predicted octanol–water partition coefficient (Wildman–Crippen LogP) is 4.45. The van der Waals surface area contributed by atoms with Crippen molar-refractivity contribution >= 4 is 16.8 Å². The van der Waals surface area contributed by atoms with Gasteiger partial charge < -0.3 is 10.3 Å². The summed E-state index contributed by atoms with van der Waals surface area (Å²) >= 11 is 0. The Morgan fingerprint density at radius 3 is 2.65 bits per heavy atom. The molecule has 0 radical (unpaired) electrons. The van der Waals surface area contributed by atoms with E-state index < -0.39 is 0 Å². The monoisotopic (exact) mass is 312 g/mol. The lowest BCUT2D eigenvalue weighted by molar-refractivity contribution is -0.126. The molecule has 23 heavy (non-hydrogen) atoms. The number of benzene rings is 1. The van der Waals surface area contributed by atoms with Gasteiger partial charge in [0.1, 0.15) is 0 Å². The van der Waals surface area contributed by atoms with Crippen LogP contribution in [0.1, 0.15) is 57.2 Å². The number of aryl methyl sites for hydroxylation is 1. The van der Waals surface area contributed by atoms with E-state index in [0.717, 1.165) is 12.8 Å². The lowest BCUT2D eigenvalue weighted by atomic mass is 9.82. The molecular weight excluding hydrogens is 284 g/mol. The molecule has 1 aliphatic rings. The van der Waals surface area contributed by atoms with Crippen molar-refractivity contribution in [2.45, 2.75) is 58.3 Å². The maximum absolute atomic E-state index is 12.4. The summed E-state index contributed by atoms with van der Waals surface area (Å²) in [6.45, 7) is 7.25. The number of hydrogen-bond acceptors (Lipinski definition) is 1. The fraction of sp³-hybridized carbons (Fsp3) is 0.550. The maximum Gasteiger partial charge on any atom is 0.223 e. The largest absolute Gasteiger partial charge is 0.358 e. The molecule has 0 spiro atoms. The van der Waals surface area contributed by atoms with Gasteiger partial charge in [-0.25, -0.2) is 0 Å². The van der Waals surface area contributed by atoms with Crippen molar-refractivity contribution in [2.24, 2.45) is 5.92 Å². The molecular formula is C20H28N2O. The number of carbonyl (C=O) groups excluding carboxylic acids is 1. The second-order valence-corrected chi connectivity index (χ2v) is 7.61. The highest BCUT2D eigenvalue weighted by Gasteiger charge is 2.28. The van der Waals surface area contributed by atoms with Gasteiger partial charge in [0, 0.05) is 34.5 Å². The third kappa shape index (κ3) is 3.29. The minimum absolute atomic E-state index is 0.0893. The van der Waals surface area contributed by atoms with Crippen molar-refractivity contribution in [1.29, 1.82) is 0 Å². The first-order valence-corrected chi connectivity index (χ1v) is 8.84. The first-order valence-electron chi connectivity index (χ1n) is 8.84. The number of aromatic amines is 1. The highest BCUT2D eigenvalue weighted by molar-refractivity contribution is 5.86. The summed E-state index contributed by atoms with van der Waals surface area (Å²) in [6, 6.07) is 8.41. The first kappa shape index (κ1) is 16.1. The lowest BCUT2D eigenvalue weighted by Gasteiger charge is -2.28. The van der Waals surface area contributed by atoms with Gasteiger partial charge in [0.05, 0.1) is 0 Å². The number of nitrogens with one attached hydrogen (secondary N) is 2. The van der Waals surface area contributed by atoms with E-state index in [4.69, 9.17) is 0 Å². The second-order valence-electron chi connectivity index (χ2n) is 7.61. The average molecular weight is 312 g/mol. The summed E-state index contributed by atoms with van der Waals surface area (Å²) in [6.07, 6.45) is 5.78. The standard InChI is InChI=1S/C20H28N2O/c1-14-18(16-11-7-8-12-17(16)22-14)20(2,3)13-21-19(23)15-9-5-4-6-10-15/h7-8,11-12,15,22H,4-6,9-10,13H2,1-3H3,(H,21,23). The van der Waals surface area contributed by atoms with Crippen molar-refractivity contribution in [2.75, 3.05) is 6.54 Å². The zero-order valence-electron chi connectivity index (χ0n) is 14.5. The molecule has 0 unspecified atom stereocenters. The van der Waals surface area contributed by atoms with E-state index in [1.165, 1.54) is 41.4 Å². The Morgan fingerprint density at radius 2 is 1.91 bits per heavy atom. The van der Waals surface area contributed by atoms with E-state index >= 15 is 0 Å². The van der Waals surface area contributed by atoms with Gasteiger partial charge in [-0.3, -0.25) is 4.79 Å². The minimum atomic E-state index is -0.0893. The van der Waals surface area contributed by atoms with Crippen molar-refractivity contribution in [1.82, 2.24) is 10.3 Å². The summed E-state index contributed by atoms with van der Waals surface area (Å²) in [5.41, 5.74) is 3.60. The van der Waals surface area contributed by atoms with Crippen LogP contribution in [0.3, 0.4) is 0 Å². The van der Waals surface area contributed by atoms with Crippen LogP contribution in [0, 0.1) is 12.8 Å². The van der Waals surface area contributed by atoms with Crippen LogP contribution in [0.2, 0.25) is 0 Å². The van der Waals surface area contributed by atoms with Gasteiger partial charge in [0.15, 0.2) is 0 Å². The number of H-pyrrole nitrogens is 1. The predicted molar refractivity (Wildman–Crippen MR) is 95.6 cm³/mol. The molecule has 3 nitrogen and oxygen atoms in total. The van der Waals surface area contributed by atoms with Crippen LogP contribution in [0.25, 0.3) is 10.9 Å². The Kier molecular flexibility index (Phi) is 4.47. The molecule has 0 bridgehead atoms. The van der Waals surface area contributed by atoms with Crippen molar-refractivity contribution < 1.29 is 4.79 Å². The van der Waals surface area contributed by atoms with Crippen LogP contribution in [0.5, 0.6) is 0 Å². The quantitative estimate of drug-likeness (QED) is 0.860. The summed E-state index contributed by atoms with van der Waals surface area (Å²) in [5.74, 6) is 0.471. The normalized spacial score (nSPS) is 16.7. The fourth-order valence-corrected chi connectivity index (χ4v) is 4.05. The third-order valence-corrected chi connectivity index (χ3v) is 5.25. The molecule has 1 saturated carbocycles. The zero-order chi connectivity index (χ0) is 16.4. The molecule has 0 saturated heterocycles. The van der Waals surface area contributed by atoms with E-state index in [0.29, 0.717) is 6.54 Å². The van der Waals surface area contributed by atoms with Crippen LogP contribution < -0.4 is 5.32 Å². The van der Waals surface area contributed by atoms with E-state index in [1.54, 1.807) is 0 Å². The van der Waals surface area contributed by atoms with Crippen LogP contribution in [0.4, 0.5) is 0 Å². The van der Waals surface area contributed by atoms with Crippen molar-refractivity contribution in [3.8, 4) is 0 Å². The van der Waals surface area contributed by atoms with Crippen LogP contribution in [-0.4, -0.2) is 17.4 Å². The first-order chi connectivity index (χ1) is 11.0. The highest BCUT2D eigenvalue weighted by Crippen LogP contribution is 2.33. The van der Waals surface area contributed by atoms with Crippen LogP contribution >= 0.6 is 0 Å². The molecule has 2 aromatic rings. The van der Waals surface area contributed by atoms with Gasteiger partial charge in [-0.1, -0.05) is 51.3 Å². The molecule has 3 rings (SSSR count). The molecule has 0 atom stereocenters. The summed E-state index contributed by atoms with van der Waals surface area (Å²) < 4.78 is 0. The molecule has 124 valence electrons.